The molecule has 6 aliphatic rings. The first-order valence-electron chi connectivity index (χ1n) is 31.8. The van der Waals surface area contributed by atoms with E-state index >= 15 is 0 Å². The average Bonchev–Trinajstić information content (AvgIpc) is 0.796. The van der Waals surface area contributed by atoms with Gasteiger partial charge >= 0.3 is 162 Å². The van der Waals surface area contributed by atoms with Crippen LogP contribution in [-0.4, -0.2) is 271 Å². The fourth-order valence-corrected chi connectivity index (χ4v) is 11.3. The first-order chi connectivity index (χ1) is 46.0. The van der Waals surface area contributed by atoms with Crippen LogP contribution in [0.4, 0.5) is 0 Å². The number of ketones is 1. The van der Waals surface area contributed by atoms with Gasteiger partial charge in [-0.3, -0.25) is 58.7 Å². The number of amides is 5. The third-order valence-corrected chi connectivity index (χ3v) is 16.1. The zero-order valence-corrected chi connectivity index (χ0v) is 70.8. The van der Waals surface area contributed by atoms with Crippen LogP contribution >= 0.6 is 77.1 Å². The van der Waals surface area contributed by atoms with Gasteiger partial charge in [0.25, 0.3) is 29.5 Å². The molecule has 21 nitrogen and oxygen atoms in total. The van der Waals surface area contributed by atoms with Crippen LogP contribution in [0.2, 0.25) is 0 Å². The van der Waals surface area contributed by atoms with Crippen molar-refractivity contribution >= 4 is 176 Å². The fourth-order valence-electron chi connectivity index (χ4n) is 11.3. The van der Waals surface area contributed by atoms with Crippen molar-refractivity contribution in [3.63, 3.8) is 0 Å². The molecule has 12 rings (SSSR count). The average molecular weight is 1880 g/mol. The Morgan fingerprint density at radius 2 is 0.552 bits per heavy atom. The van der Waals surface area contributed by atoms with E-state index in [0.29, 0.717) is 107 Å². The number of pyridine rings is 6. The number of aromatic nitrogens is 6. The van der Waals surface area contributed by atoms with Crippen LogP contribution < -0.4 is 21.3 Å². The van der Waals surface area contributed by atoms with Crippen LogP contribution in [0.1, 0.15) is 114 Å². The van der Waals surface area contributed by atoms with Gasteiger partial charge in [-0.1, -0.05) is 0 Å². The van der Waals surface area contributed by atoms with Gasteiger partial charge in [0.1, 0.15) is 0 Å². The van der Waals surface area contributed by atoms with E-state index in [1.165, 1.54) is 76.0 Å². The van der Waals surface area contributed by atoms with Crippen LogP contribution in [0.25, 0.3) is 34.2 Å². The predicted molar refractivity (Wildman–Crippen MR) is 376 cm³/mol. The third-order valence-electron chi connectivity index (χ3n) is 16.1. The molecule has 0 bridgehead atoms. The molecule has 96 heavy (non-hydrogen) atoms. The number of Topliss-reactive ketones (excluding diaryl/α,β-unsaturated/α-hetero) is 1. The number of piperazine rings is 3. The molecule has 6 fully saturated rings. The number of hydrogen-bond donors (Lipinski definition) is 4. The molecule has 12 heterocycles. The first-order valence-corrected chi connectivity index (χ1v) is 73.0. The summed E-state index contributed by atoms with van der Waals surface area (Å²) in [5.41, 5.74) is 7.36. The second-order valence-electron chi connectivity index (χ2n) is 22.6. The van der Waals surface area contributed by atoms with E-state index in [-0.39, 0.29) is 41.2 Å². The molecule has 0 saturated carbocycles. The second-order valence-corrected chi connectivity index (χ2v) is 81.3. The quantitative estimate of drug-likeness (QED) is 0.0736. The summed E-state index contributed by atoms with van der Waals surface area (Å²) in [6.07, 6.45) is 18.2. The normalized spacial score (nSPS) is 17.4. The van der Waals surface area contributed by atoms with E-state index in [2.05, 4.69) is 51.2 Å². The maximum absolute atomic E-state index is 12.8. The first kappa shape index (κ1) is 81.9. The molecule has 0 aliphatic carbocycles. The van der Waals surface area contributed by atoms with Crippen molar-refractivity contribution in [2.24, 2.45) is 5.92 Å². The number of carbonyl (C=O) groups is 6. The Balaban J connectivity index is 0.000000187. The van der Waals surface area contributed by atoms with Crippen molar-refractivity contribution in [1.29, 1.82) is 0 Å². The van der Waals surface area contributed by atoms with Gasteiger partial charge in [0.2, 0.25) is 0 Å². The molecular formula is C63H75Cl8K2N15O6Os2. The van der Waals surface area contributed by atoms with Crippen molar-refractivity contribution in [2.45, 2.75) is 51.4 Å². The minimum absolute atomic E-state index is 0.00167. The number of halogens is 8. The second kappa shape index (κ2) is 40.6. The summed E-state index contributed by atoms with van der Waals surface area (Å²) in [5.74, 6) is 0.319. The van der Waals surface area contributed by atoms with Gasteiger partial charge in [0.15, 0.2) is 5.78 Å². The van der Waals surface area contributed by atoms with E-state index in [0.717, 1.165) is 117 Å². The Morgan fingerprint density at radius 1 is 0.354 bits per heavy atom. The summed E-state index contributed by atoms with van der Waals surface area (Å²) in [5, 5.41) is 13.0. The van der Waals surface area contributed by atoms with Gasteiger partial charge in [0.05, 0.1) is 34.2 Å². The summed E-state index contributed by atoms with van der Waals surface area (Å²) in [7, 11) is 40.2. The van der Waals surface area contributed by atoms with Crippen molar-refractivity contribution in [3.8, 4) is 34.2 Å². The number of nitrogens with zero attached hydrogens (tertiary/aromatic N) is 11. The van der Waals surface area contributed by atoms with Crippen molar-refractivity contribution in [1.82, 2.24) is 75.7 Å². The molecule has 5 amide bonds. The number of rotatable bonds is 10. The van der Waals surface area contributed by atoms with Gasteiger partial charge in [-0.05, 0) is 137 Å². The Morgan fingerprint density at radius 3 is 0.792 bits per heavy atom. The van der Waals surface area contributed by atoms with Crippen LogP contribution in [0.3, 0.4) is 0 Å². The number of piperidine rings is 3. The molecule has 6 aromatic heterocycles. The molecule has 0 atom stereocenters. The number of likely N-dealkylation sites (tertiary alicyclic amines) is 2. The van der Waals surface area contributed by atoms with E-state index < -0.39 is 22.0 Å². The molecule has 0 aromatic carbocycles. The summed E-state index contributed by atoms with van der Waals surface area (Å²) < 4.78 is 0. The van der Waals surface area contributed by atoms with Crippen molar-refractivity contribution < 1.29 is 50.8 Å². The number of nitrogens with one attached hydrogen (secondary N) is 4. The van der Waals surface area contributed by atoms with E-state index in [9.17, 15) is 28.8 Å². The molecule has 6 aromatic rings. The standard InChI is InChI=1S/C22H26N4O2.C21H25N5O2.C20H24N6O2.8ClH.2K.2Os/c27-21(25-11-3-1-4-12-25)17-7-9-23-19(15-17)20-16-18(8-10-24-20)22(28)26-13-5-2-6-14-26;27-20(15-1-5-22-6-2-15)16-3-7-24-18(13-16)19-14-17(4-8-25-19)21(28)26-11-9-23-10-12-26;27-19(25-9-5-21-6-10-25)15-1-3-23-17(13-15)18-14-16(2-4-24-18)20(28)26-11-7-22-8-12-26;;;;;;;;;;;;/h7-10,15-16H,1-6,11-14H2;3-4,7-8,13-15,22-23H,1-2,5-6,9-12H2;1-4,13-14,21-22H,5-12H2;8*1H;;;;/q;;;;;;;;;;;;;+2;+6/p-8. The van der Waals surface area contributed by atoms with Gasteiger partial charge in [0, 0.05) is 181 Å². The predicted octanol–water partition coefficient (Wildman–Crippen LogP) is 9.75. The van der Waals surface area contributed by atoms with E-state index in [1.807, 2.05) is 24.5 Å². The zero-order chi connectivity index (χ0) is 69.2. The zero-order valence-electron chi connectivity index (χ0n) is 53.5. The van der Waals surface area contributed by atoms with E-state index in [4.69, 9.17) is 77.1 Å². The van der Waals surface area contributed by atoms with Crippen LogP contribution in [0.5, 0.6) is 0 Å². The molecule has 0 spiro atoms. The number of carbonyl (C=O) groups excluding carboxylic acids is 6. The molecule has 6 saturated heterocycles. The summed E-state index contributed by atoms with van der Waals surface area (Å²) in [6.45, 7) is 8.69. The van der Waals surface area contributed by atoms with Crippen molar-refractivity contribution in [3.05, 3.63) is 143 Å². The van der Waals surface area contributed by atoms with Crippen LogP contribution in [0.15, 0.2) is 110 Å². The topological polar surface area (TPSA) is 244 Å². The molecule has 0 unspecified atom stereocenters. The Bertz CT molecular complexity index is 3000. The van der Waals surface area contributed by atoms with Crippen LogP contribution in [0, 0.1) is 5.92 Å². The summed E-state index contributed by atoms with van der Waals surface area (Å²) in [6, 6.07) is 21.1. The monoisotopic (exact) mass is 1880 g/mol. The SMILES string of the molecule is O=C(c1ccnc(-c2cc(C(=O)N3CCCCC3)ccn2)c1)N1CCCCC1.O=C(c1ccnc(-c2cc(C(=O)N3CCNCC3)ccn2)c1)C1CCNCC1.O=C(c1ccnc(-c2cc(C(=O)N3CCNCC3)ccn2)c1)N1CCNCC1.[Cl][Os]([Cl])([Cl])([Cl])([Cl])[Cl].[Cl][Os][Cl].[K][K]. The Labute approximate surface area is 644 Å². The molecule has 4 N–H and O–H groups in total. The minimum atomic E-state index is -5.38. The summed E-state index contributed by atoms with van der Waals surface area (Å²) in [4.78, 5) is 112. The molecule has 6 aliphatic heterocycles. The van der Waals surface area contributed by atoms with Gasteiger partial charge in [-0.25, -0.2) is 0 Å². The van der Waals surface area contributed by atoms with Crippen LogP contribution in [-0.2, 0) is 22.0 Å². The number of hydrogen-bond acceptors (Lipinski definition) is 16. The van der Waals surface area contributed by atoms with Gasteiger partial charge in [-0.15, -0.1) is 0 Å². The molecule has 33 heteroatoms. The van der Waals surface area contributed by atoms with E-state index in [1.54, 1.807) is 110 Å². The third kappa shape index (κ3) is 28.0. The Kier molecular flexibility index (Phi) is 34.7. The summed E-state index contributed by atoms with van der Waals surface area (Å²) >= 11 is 1.86. The molecular weight excluding hydrogens is 1810 g/mol. The maximum atomic E-state index is 12.8. The molecule has 512 valence electrons. The van der Waals surface area contributed by atoms with Gasteiger partial charge < -0.3 is 45.8 Å². The fraction of sp³-hybridized carbons (Fsp3) is 0.429. The van der Waals surface area contributed by atoms with Crippen molar-refractivity contribution in [2.75, 3.05) is 118 Å². The molecule has 0 radical (unpaired) electrons. The van der Waals surface area contributed by atoms with Gasteiger partial charge in [-0.2, -0.15) is 0 Å². The Hall–Kier alpha value is -1.37.